The van der Waals surface area contributed by atoms with Crippen LogP contribution in [0.4, 0.5) is 36.4 Å². The molecular formula is C32H31F7N5O4+. The molecule has 1 aromatic heterocycles. The maximum absolute atomic E-state index is 13.9. The molecule has 256 valence electrons. The Morgan fingerprint density at radius 3 is 2.02 bits per heavy atom. The van der Waals surface area contributed by atoms with Gasteiger partial charge in [0.05, 0.1) is 20.6 Å². The normalized spacial score (nSPS) is 11.8. The molecule has 4 rings (SSSR count). The molecule has 0 spiro atoms. The Hall–Kier alpha value is -5.25. The summed E-state index contributed by atoms with van der Waals surface area (Å²) in [5, 5.41) is 11.4. The molecule has 1 heterocycles. The lowest BCUT2D eigenvalue weighted by atomic mass is 10.1. The second-order valence-electron chi connectivity index (χ2n) is 11.0. The highest BCUT2D eigenvalue weighted by Gasteiger charge is 2.49. The summed E-state index contributed by atoms with van der Waals surface area (Å²) < 4.78 is 86.2. The molecule has 48 heavy (non-hydrogen) atoms. The number of benzene rings is 3. The van der Waals surface area contributed by atoms with E-state index in [-0.39, 0.29) is 17.6 Å². The quantitative estimate of drug-likeness (QED) is 0.0540. The number of carbonyl (C=O) groups excluding carboxylic acids is 3. The van der Waals surface area contributed by atoms with Gasteiger partial charge in [-0.3, -0.25) is 14.7 Å². The van der Waals surface area contributed by atoms with E-state index in [1.165, 1.54) is 17.8 Å². The van der Waals surface area contributed by atoms with Crippen molar-refractivity contribution >= 4 is 40.3 Å². The first kappa shape index (κ1) is 37.2. The largest absolute Gasteiger partial charge is 0.491 e. The van der Waals surface area contributed by atoms with Crippen LogP contribution in [0.5, 0.6) is 0 Å². The predicted octanol–water partition coefficient (Wildman–Crippen LogP) is 5.81. The van der Waals surface area contributed by atoms with Crippen LogP contribution >= 0.6 is 0 Å². The molecule has 4 N–H and O–H groups in total. The average Bonchev–Trinajstić information content (AvgIpc) is 3.36. The fraction of sp³-hybridized carbons (Fsp3) is 0.250. The number of fused-ring (bicyclic) bond motifs is 1. The van der Waals surface area contributed by atoms with Gasteiger partial charge in [0.2, 0.25) is 0 Å². The first-order valence-electron chi connectivity index (χ1n) is 14.1. The molecule has 0 aliphatic carbocycles. The van der Waals surface area contributed by atoms with Crippen LogP contribution in [0.3, 0.4) is 0 Å². The van der Waals surface area contributed by atoms with Crippen molar-refractivity contribution in [3.63, 3.8) is 0 Å². The minimum absolute atomic E-state index is 0.0172. The number of aromatic nitrogens is 1. The smallest absolute Gasteiger partial charge is 0.384 e. The Kier molecular flexibility index (Phi) is 11.4. The first-order valence-corrected chi connectivity index (χ1v) is 14.1. The van der Waals surface area contributed by atoms with Crippen LogP contribution in [-0.2, 0) is 27.4 Å². The number of halogens is 7. The molecule has 0 saturated heterocycles. The van der Waals surface area contributed by atoms with Crippen molar-refractivity contribution in [3.05, 3.63) is 101 Å². The lowest BCUT2D eigenvalue weighted by molar-refractivity contribution is -0.221. The lowest BCUT2D eigenvalue weighted by Gasteiger charge is -2.27. The van der Waals surface area contributed by atoms with Crippen molar-refractivity contribution in [1.29, 1.82) is 5.41 Å². The zero-order valence-electron chi connectivity index (χ0n) is 25.8. The van der Waals surface area contributed by atoms with Crippen LogP contribution in [0.2, 0.25) is 0 Å². The van der Waals surface area contributed by atoms with Gasteiger partial charge in [0.1, 0.15) is 23.0 Å². The highest BCUT2D eigenvalue weighted by Crippen LogP contribution is 2.24. The summed E-state index contributed by atoms with van der Waals surface area (Å²) in [7, 11) is 4.31. The van der Waals surface area contributed by atoms with E-state index in [9.17, 15) is 45.1 Å². The number of alkyl halides is 6. The third-order valence-corrected chi connectivity index (χ3v) is 7.20. The summed E-state index contributed by atoms with van der Waals surface area (Å²) >= 11 is 0. The van der Waals surface area contributed by atoms with Crippen LogP contribution in [0, 0.1) is 11.2 Å². The van der Waals surface area contributed by atoms with Gasteiger partial charge in [-0.05, 0) is 60.5 Å². The van der Waals surface area contributed by atoms with Crippen LogP contribution < -0.4 is 15.5 Å². The maximum atomic E-state index is 13.9. The Bertz CT molecular complexity index is 1790. The average molecular weight is 683 g/mol. The van der Waals surface area contributed by atoms with Crippen LogP contribution in [0.1, 0.15) is 34.1 Å². The summed E-state index contributed by atoms with van der Waals surface area (Å²) in [6.45, 7) is 3.90. The molecule has 0 aliphatic heterocycles. The minimum Gasteiger partial charge on any atom is -0.384 e. The topological polar surface area (TPSA) is 127 Å². The summed E-state index contributed by atoms with van der Waals surface area (Å²) in [5.41, 5.74) is 10.6. The molecule has 0 atom stereocenters. The molecule has 16 heteroatoms. The van der Waals surface area contributed by atoms with Gasteiger partial charge < -0.3 is 20.4 Å². The highest BCUT2D eigenvalue weighted by atomic mass is 19.4. The molecule has 0 saturated carbocycles. The number of nitrogens with one attached hydrogen (secondary N) is 2. The van der Waals surface area contributed by atoms with E-state index in [1.54, 1.807) is 18.2 Å². The molecule has 0 fully saturated rings. The van der Waals surface area contributed by atoms with E-state index in [0.29, 0.717) is 29.7 Å². The SMILES string of the molecule is CC[N+](C)(C)c1ccc(CNC(=O)c2cc3cc(F)ccc3n2Cc2cccc(C(=N)N)c2)cc1.O=C(OC(=O)C(F)(F)F)C(F)(F)F. The van der Waals surface area contributed by atoms with Gasteiger partial charge in [-0.1, -0.05) is 30.3 Å². The van der Waals surface area contributed by atoms with Gasteiger partial charge >= 0.3 is 24.3 Å². The standard InChI is InChI=1S/C28H30FN5O.C4F6O3/c1-4-34(2,3)24-11-8-19(9-12-24)17-32-28(35)26-16-22-15-23(29)10-13-25(22)33(26)18-20-6-5-7-21(14-20)27(30)31;5-3(6,7)1(11)13-2(12)4(8,9)10/h5-16H,4,17-18H2,1-3H3,(H3-,30,31,32,35);/p+1. The fourth-order valence-corrected chi connectivity index (χ4v) is 4.29. The number of nitrogens with two attached hydrogens (primary N) is 1. The van der Waals surface area contributed by atoms with Crippen molar-refractivity contribution in [2.45, 2.75) is 32.4 Å². The Morgan fingerprint density at radius 2 is 1.48 bits per heavy atom. The Morgan fingerprint density at radius 1 is 0.875 bits per heavy atom. The van der Waals surface area contributed by atoms with E-state index in [2.05, 4.69) is 43.2 Å². The number of nitrogens with zero attached hydrogens (tertiary/aromatic N) is 2. The van der Waals surface area contributed by atoms with Crippen LogP contribution in [-0.4, -0.2) is 61.2 Å². The molecule has 3 aromatic carbocycles. The van der Waals surface area contributed by atoms with E-state index in [4.69, 9.17) is 11.1 Å². The second-order valence-corrected chi connectivity index (χ2v) is 11.0. The highest BCUT2D eigenvalue weighted by molar-refractivity contribution is 5.99. The number of rotatable bonds is 8. The molecule has 0 aliphatic rings. The number of esters is 2. The van der Waals surface area contributed by atoms with Crippen molar-refractivity contribution in [1.82, 2.24) is 14.4 Å². The number of hydrogen-bond acceptors (Lipinski definition) is 5. The van der Waals surface area contributed by atoms with Crippen molar-refractivity contribution in [3.8, 4) is 0 Å². The molecule has 1 amide bonds. The third-order valence-electron chi connectivity index (χ3n) is 7.20. The van der Waals surface area contributed by atoms with E-state index in [1.807, 2.05) is 34.9 Å². The Balaban J connectivity index is 0.000000408. The second kappa shape index (κ2) is 14.7. The van der Waals surface area contributed by atoms with Gasteiger partial charge in [-0.25, -0.2) is 14.0 Å². The monoisotopic (exact) mass is 682 g/mol. The summed E-state index contributed by atoms with van der Waals surface area (Å²) in [5.74, 6) is -7.01. The van der Waals surface area contributed by atoms with Crippen LogP contribution in [0.15, 0.2) is 72.8 Å². The number of amides is 1. The first-order chi connectivity index (χ1) is 22.2. The molecule has 0 unspecified atom stereocenters. The summed E-state index contributed by atoms with van der Waals surface area (Å²) in [6, 6.07) is 21.8. The summed E-state index contributed by atoms with van der Waals surface area (Å²) in [6.07, 6.45) is -11.2. The number of quaternary nitrogens is 1. The van der Waals surface area contributed by atoms with E-state index < -0.39 is 24.3 Å². The van der Waals surface area contributed by atoms with Crippen molar-refractivity contribution < 1.29 is 49.9 Å². The number of amidine groups is 1. The van der Waals surface area contributed by atoms with Gasteiger partial charge in [0.25, 0.3) is 5.91 Å². The zero-order valence-corrected chi connectivity index (χ0v) is 25.8. The molecule has 0 bridgehead atoms. The van der Waals surface area contributed by atoms with Gasteiger partial charge in [-0.2, -0.15) is 26.3 Å². The lowest BCUT2D eigenvalue weighted by Crippen LogP contribution is -2.39. The number of ether oxygens (including phenoxy) is 1. The van der Waals surface area contributed by atoms with Gasteiger partial charge in [0.15, 0.2) is 0 Å². The van der Waals surface area contributed by atoms with Crippen molar-refractivity contribution in [2.24, 2.45) is 5.73 Å². The molecule has 9 nitrogen and oxygen atoms in total. The molecule has 0 radical (unpaired) electrons. The fourth-order valence-electron chi connectivity index (χ4n) is 4.29. The molecule has 4 aromatic rings. The number of carbonyl (C=O) groups is 3. The van der Waals surface area contributed by atoms with Crippen molar-refractivity contribution in [2.75, 3.05) is 20.6 Å². The van der Waals surface area contributed by atoms with Gasteiger partial charge in [0, 0.05) is 29.6 Å². The van der Waals surface area contributed by atoms with E-state index in [0.717, 1.165) is 27.7 Å². The maximum Gasteiger partial charge on any atom is 0.491 e. The number of nitrogen functional groups attached to an aromatic ring is 1. The zero-order chi connectivity index (χ0) is 36.0. The predicted molar refractivity (Wildman–Crippen MR) is 163 cm³/mol. The minimum atomic E-state index is -5.62. The van der Waals surface area contributed by atoms with Crippen LogP contribution in [0.25, 0.3) is 10.9 Å². The van der Waals surface area contributed by atoms with Gasteiger partial charge in [-0.15, -0.1) is 0 Å². The van der Waals surface area contributed by atoms with E-state index >= 15 is 0 Å². The molecular weight excluding hydrogens is 651 g/mol. The third kappa shape index (κ3) is 9.63. The summed E-state index contributed by atoms with van der Waals surface area (Å²) in [4.78, 5) is 32.6. The Labute approximate surface area is 269 Å². The number of hydrogen-bond donors (Lipinski definition) is 3.